The Morgan fingerprint density at radius 2 is 1.84 bits per heavy atom. The van der Waals surface area contributed by atoms with E-state index in [1.165, 1.54) is 25.3 Å². The first-order valence-electron chi connectivity index (χ1n) is 5.55. The Morgan fingerprint density at radius 1 is 1.16 bits per heavy atom. The molecular weight excluding hydrogens is 246 g/mol. The van der Waals surface area contributed by atoms with Crippen molar-refractivity contribution in [2.75, 3.05) is 7.11 Å². The van der Waals surface area contributed by atoms with E-state index in [0.29, 0.717) is 11.1 Å². The quantitative estimate of drug-likeness (QED) is 0.481. The van der Waals surface area contributed by atoms with Crippen LogP contribution in [0.5, 0.6) is 0 Å². The van der Waals surface area contributed by atoms with Crippen LogP contribution >= 0.6 is 0 Å². The molecule has 0 aliphatic heterocycles. The Labute approximate surface area is 109 Å². The summed E-state index contributed by atoms with van der Waals surface area (Å²) >= 11 is 0. The van der Waals surface area contributed by atoms with Crippen LogP contribution in [0.4, 0.5) is 5.69 Å². The number of benzene rings is 2. The van der Waals surface area contributed by atoms with Gasteiger partial charge in [0.25, 0.3) is 5.69 Å². The zero-order valence-electron chi connectivity index (χ0n) is 10.2. The maximum absolute atomic E-state index is 11.7. The summed E-state index contributed by atoms with van der Waals surface area (Å²) in [4.78, 5) is 22.0. The summed E-state index contributed by atoms with van der Waals surface area (Å²) in [7, 11) is 1.28. The third-order valence-electron chi connectivity index (χ3n) is 2.70. The molecule has 0 aromatic heterocycles. The highest BCUT2D eigenvalue weighted by Gasteiger charge is 2.17. The number of carbonyl (C=O) groups excluding carboxylic acids is 1. The molecule has 5 heteroatoms. The lowest BCUT2D eigenvalue weighted by molar-refractivity contribution is -0.384. The molecule has 0 heterocycles. The highest BCUT2D eigenvalue weighted by atomic mass is 16.6. The molecule has 0 aliphatic rings. The van der Waals surface area contributed by atoms with Crippen molar-refractivity contribution < 1.29 is 14.5 Å². The molecule has 0 radical (unpaired) electrons. The van der Waals surface area contributed by atoms with Crippen LogP contribution in [0, 0.1) is 10.1 Å². The minimum Gasteiger partial charge on any atom is -0.465 e. The summed E-state index contributed by atoms with van der Waals surface area (Å²) in [5, 5.41) is 10.8. The lowest BCUT2D eigenvalue weighted by Gasteiger charge is -2.07. The Bertz CT molecular complexity index is 623. The van der Waals surface area contributed by atoms with Gasteiger partial charge >= 0.3 is 5.97 Å². The smallest absolute Gasteiger partial charge is 0.338 e. The Morgan fingerprint density at radius 3 is 2.42 bits per heavy atom. The van der Waals surface area contributed by atoms with Crippen LogP contribution in [-0.2, 0) is 4.74 Å². The molecular formula is C14H11NO4. The van der Waals surface area contributed by atoms with Gasteiger partial charge in [-0.05, 0) is 11.6 Å². The third kappa shape index (κ3) is 2.60. The molecule has 0 aliphatic carbocycles. The molecule has 2 aromatic carbocycles. The zero-order valence-corrected chi connectivity index (χ0v) is 10.2. The average Bonchev–Trinajstić information content (AvgIpc) is 2.46. The largest absolute Gasteiger partial charge is 0.465 e. The van der Waals surface area contributed by atoms with Crippen LogP contribution in [0.15, 0.2) is 48.5 Å². The monoisotopic (exact) mass is 257 g/mol. The fourth-order valence-electron chi connectivity index (χ4n) is 1.79. The Balaban J connectivity index is 2.63. The van der Waals surface area contributed by atoms with Gasteiger partial charge in [0.2, 0.25) is 0 Å². The number of carbonyl (C=O) groups is 1. The Kier molecular flexibility index (Phi) is 3.56. The van der Waals surface area contributed by atoms with Gasteiger partial charge in [-0.25, -0.2) is 4.79 Å². The summed E-state index contributed by atoms with van der Waals surface area (Å²) in [5.74, 6) is -0.520. The molecule has 2 aromatic rings. The van der Waals surface area contributed by atoms with E-state index in [4.69, 9.17) is 0 Å². The maximum Gasteiger partial charge on any atom is 0.338 e. The number of nitrogens with zero attached hydrogens (tertiary/aromatic N) is 1. The van der Waals surface area contributed by atoms with E-state index in [2.05, 4.69) is 4.74 Å². The molecule has 0 N–H and O–H groups in total. The van der Waals surface area contributed by atoms with E-state index in [-0.39, 0.29) is 5.69 Å². The molecule has 0 atom stereocenters. The number of ether oxygens (including phenoxy) is 1. The van der Waals surface area contributed by atoms with Crippen LogP contribution in [0.2, 0.25) is 0 Å². The van der Waals surface area contributed by atoms with E-state index < -0.39 is 10.9 Å². The van der Waals surface area contributed by atoms with E-state index >= 15 is 0 Å². The molecule has 2 rings (SSSR count). The highest BCUT2D eigenvalue weighted by molar-refractivity contribution is 5.97. The first kappa shape index (κ1) is 12.8. The predicted molar refractivity (Wildman–Crippen MR) is 69.9 cm³/mol. The maximum atomic E-state index is 11.7. The van der Waals surface area contributed by atoms with E-state index in [0.717, 1.165) is 5.56 Å². The topological polar surface area (TPSA) is 69.4 Å². The summed E-state index contributed by atoms with van der Waals surface area (Å²) in [5.41, 5.74) is 1.46. The second-order valence-corrected chi connectivity index (χ2v) is 3.84. The van der Waals surface area contributed by atoms with Crippen molar-refractivity contribution >= 4 is 11.7 Å². The van der Waals surface area contributed by atoms with Gasteiger partial charge in [-0.1, -0.05) is 30.3 Å². The summed E-state index contributed by atoms with van der Waals surface area (Å²) in [6.45, 7) is 0. The van der Waals surface area contributed by atoms with Crippen LogP contribution < -0.4 is 0 Å². The standard InChI is InChI=1S/C14H11NO4/c1-19-14(16)12-8-7-11(15(17)18)9-13(12)10-5-3-2-4-6-10/h2-9H,1H3. The zero-order chi connectivity index (χ0) is 13.8. The van der Waals surface area contributed by atoms with Gasteiger partial charge in [0, 0.05) is 17.7 Å². The lowest BCUT2D eigenvalue weighted by atomic mass is 9.99. The molecule has 0 fully saturated rings. The third-order valence-corrected chi connectivity index (χ3v) is 2.70. The van der Waals surface area contributed by atoms with Crippen LogP contribution in [0.1, 0.15) is 10.4 Å². The van der Waals surface area contributed by atoms with E-state index in [1.54, 1.807) is 24.3 Å². The minimum atomic E-state index is -0.520. The van der Waals surface area contributed by atoms with Crippen LogP contribution in [0.3, 0.4) is 0 Å². The molecule has 0 unspecified atom stereocenters. The van der Waals surface area contributed by atoms with Crippen LogP contribution in [0.25, 0.3) is 11.1 Å². The number of methoxy groups -OCH3 is 1. The number of non-ortho nitro benzene ring substituents is 1. The summed E-state index contributed by atoms with van der Waals surface area (Å²) in [6, 6.07) is 13.1. The van der Waals surface area contributed by atoms with Crippen molar-refractivity contribution in [1.82, 2.24) is 0 Å². The van der Waals surface area contributed by atoms with E-state index in [1.807, 2.05) is 6.07 Å². The van der Waals surface area contributed by atoms with Gasteiger partial charge in [-0.2, -0.15) is 0 Å². The molecule has 0 spiro atoms. The molecule has 19 heavy (non-hydrogen) atoms. The van der Waals surface area contributed by atoms with Crippen molar-refractivity contribution in [1.29, 1.82) is 0 Å². The van der Waals surface area contributed by atoms with Crippen molar-refractivity contribution in [2.45, 2.75) is 0 Å². The van der Waals surface area contributed by atoms with Gasteiger partial charge in [0.05, 0.1) is 17.6 Å². The number of nitro groups is 1. The fourth-order valence-corrected chi connectivity index (χ4v) is 1.79. The number of nitro benzene ring substituents is 1. The number of hydrogen-bond donors (Lipinski definition) is 0. The van der Waals surface area contributed by atoms with Gasteiger partial charge < -0.3 is 4.74 Å². The fraction of sp³-hybridized carbons (Fsp3) is 0.0714. The minimum absolute atomic E-state index is 0.0634. The number of esters is 1. The van der Waals surface area contributed by atoms with Crippen molar-refractivity contribution in [3.8, 4) is 11.1 Å². The second kappa shape index (κ2) is 5.30. The van der Waals surface area contributed by atoms with Gasteiger partial charge in [-0.15, -0.1) is 0 Å². The molecule has 0 amide bonds. The predicted octanol–water partition coefficient (Wildman–Crippen LogP) is 3.05. The molecule has 0 bridgehead atoms. The molecule has 0 saturated carbocycles. The van der Waals surface area contributed by atoms with Gasteiger partial charge in [0.15, 0.2) is 0 Å². The van der Waals surface area contributed by atoms with Gasteiger partial charge in [-0.3, -0.25) is 10.1 Å². The number of hydrogen-bond acceptors (Lipinski definition) is 4. The summed E-state index contributed by atoms with van der Waals surface area (Å²) in [6.07, 6.45) is 0. The van der Waals surface area contributed by atoms with Crippen molar-refractivity contribution in [3.05, 3.63) is 64.2 Å². The highest BCUT2D eigenvalue weighted by Crippen LogP contribution is 2.28. The van der Waals surface area contributed by atoms with Crippen molar-refractivity contribution in [3.63, 3.8) is 0 Å². The number of rotatable bonds is 3. The van der Waals surface area contributed by atoms with Crippen LogP contribution in [-0.4, -0.2) is 18.0 Å². The molecule has 5 nitrogen and oxygen atoms in total. The summed E-state index contributed by atoms with van der Waals surface area (Å²) < 4.78 is 4.69. The Hall–Kier alpha value is -2.69. The first-order valence-corrected chi connectivity index (χ1v) is 5.55. The SMILES string of the molecule is COC(=O)c1ccc([N+](=O)[O-])cc1-c1ccccc1. The van der Waals surface area contributed by atoms with Crippen molar-refractivity contribution in [2.24, 2.45) is 0 Å². The lowest BCUT2D eigenvalue weighted by Crippen LogP contribution is -2.04. The van der Waals surface area contributed by atoms with E-state index in [9.17, 15) is 14.9 Å². The normalized spacial score (nSPS) is 9.95. The molecule has 0 saturated heterocycles. The first-order chi connectivity index (χ1) is 9.13. The molecule has 96 valence electrons. The second-order valence-electron chi connectivity index (χ2n) is 3.84. The average molecular weight is 257 g/mol. The van der Waals surface area contributed by atoms with Gasteiger partial charge in [0.1, 0.15) is 0 Å².